The van der Waals surface area contributed by atoms with Crippen molar-refractivity contribution in [2.45, 2.75) is 53.5 Å². The van der Waals surface area contributed by atoms with Gasteiger partial charge in [-0.25, -0.2) is 0 Å². The molecule has 1 nitrogen and oxygen atoms in total. The molecule has 0 bridgehead atoms. The first-order chi connectivity index (χ1) is 6.54. The Balaban J connectivity index is 3.48. The summed E-state index contributed by atoms with van der Waals surface area (Å²) in [7, 11) is 0. The van der Waals surface area contributed by atoms with Gasteiger partial charge in [0, 0.05) is 4.83 Å². The van der Waals surface area contributed by atoms with E-state index in [2.05, 4.69) is 54.7 Å². The summed E-state index contributed by atoms with van der Waals surface area (Å²) < 4.78 is -0.356. The van der Waals surface area contributed by atoms with Crippen LogP contribution in [0.15, 0.2) is 0 Å². The van der Waals surface area contributed by atoms with Gasteiger partial charge in [-0.1, -0.05) is 86.8 Å². The number of aliphatic hydroxyl groups excluding tert-OH is 1. The zero-order chi connectivity index (χ0) is 11.0. The maximum absolute atomic E-state index is 9.08. The predicted octanol–water partition coefficient (Wildman–Crippen LogP) is 4.59. The Morgan fingerprint density at radius 1 is 1.14 bits per heavy atom. The highest BCUT2D eigenvalue weighted by molar-refractivity contribution is 9.26. The smallest absolute Gasteiger partial charge is 0.116 e. The summed E-state index contributed by atoms with van der Waals surface area (Å²) >= 11 is 10.5. The molecule has 0 aromatic rings. The van der Waals surface area contributed by atoms with Gasteiger partial charge in [0.25, 0.3) is 0 Å². The minimum absolute atomic E-state index is 0.0951. The lowest BCUT2D eigenvalue weighted by Crippen LogP contribution is -2.28. The first-order valence-electron chi connectivity index (χ1n) is 5.17. The van der Waals surface area contributed by atoms with Crippen LogP contribution in [0.5, 0.6) is 0 Å². The van der Waals surface area contributed by atoms with E-state index in [1.54, 1.807) is 0 Å². The molecule has 0 rings (SSSR count). The summed E-state index contributed by atoms with van der Waals surface area (Å²) in [6, 6.07) is 0. The molecule has 1 atom stereocenters. The molecule has 0 radical (unpaired) electrons. The summed E-state index contributed by atoms with van der Waals surface area (Å²) in [4.78, 5) is 0.279. The number of alkyl halides is 3. The molecule has 0 spiro atoms. The first-order valence-corrected chi connectivity index (χ1v) is 7.67. The number of unbranched alkanes of at least 4 members (excludes halogenated alkanes) is 4. The molecule has 1 unspecified atom stereocenters. The Hall–Kier alpha value is 1.40. The van der Waals surface area contributed by atoms with Gasteiger partial charge >= 0.3 is 0 Å². The van der Waals surface area contributed by atoms with E-state index in [4.69, 9.17) is 5.11 Å². The van der Waals surface area contributed by atoms with Gasteiger partial charge in [-0.3, -0.25) is 0 Å². The van der Waals surface area contributed by atoms with Crippen LogP contribution in [0.1, 0.15) is 45.4 Å². The molecule has 0 saturated carbocycles. The van der Waals surface area contributed by atoms with Crippen molar-refractivity contribution in [3.05, 3.63) is 0 Å². The van der Waals surface area contributed by atoms with Crippen LogP contribution < -0.4 is 0 Å². The topological polar surface area (TPSA) is 20.2 Å². The summed E-state index contributed by atoms with van der Waals surface area (Å²) in [5, 5.41) is 9.08. The van der Waals surface area contributed by atoms with E-state index < -0.39 is 0 Å². The summed E-state index contributed by atoms with van der Waals surface area (Å²) in [6.45, 7) is 2.32. The van der Waals surface area contributed by atoms with Crippen molar-refractivity contribution in [1.29, 1.82) is 0 Å². The van der Waals surface area contributed by atoms with Crippen molar-refractivity contribution in [1.82, 2.24) is 0 Å². The molecule has 0 saturated heterocycles. The highest BCUT2D eigenvalue weighted by atomic mass is 79.9. The second kappa shape index (κ2) is 8.54. The molecule has 0 amide bonds. The molecule has 0 heterocycles. The van der Waals surface area contributed by atoms with Gasteiger partial charge in [0.1, 0.15) is 3.23 Å². The van der Waals surface area contributed by atoms with Crippen LogP contribution in [0.4, 0.5) is 0 Å². The molecule has 4 heteroatoms. The SMILES string of the molecule is CCCCCCCC(Br)C(Br)(Br)CO. The Morgan fingerprint density at radius 2 is 1.71 bits per heavy atom. The van der Waals surface area contributed by atoms with E-state index in [0.29, 0.717) is 0 Å². The normalized spacial score (nSPS) is 14.4. The van der Waals surface area contributed by atoms with E-state index >= 15 is 0 Å². The second-order valence-corrected chi connectivity index (χ2v) is 8.59. The van der Waals surface area contributed by atoms with Crippen molar-refractivity contribution in [2.24, 2.45) is 0 Å². The third-order valence-corrected chi connectivity index (χ3v) is 6.31. The van der Waals surface area contributed by atoms with E-state index in [1.165, 1.54) is 32.1 Å². The van der Waals surface area contributed by atoms with Gasteiger partial charge in [0.15, 0.2) is 0 Å². The zero-order valence-corrected chi connectivity index (χ0v) is 13.4. The van der Waals surface area contributed by atoms with Crippen LogP contribution in [-0.4, -0.2) is 19.8 Å². The summed E-state index contributed by atoms with van der Waals surface area (Å²) in [6.07, 6.45) is 7.54. The molecule has 14 heavy (non-hydrogen) atoms. The number of hydrogen-bond donors (Lipinski definition) is 1. The molecule has 0 aliphatic heterocycles. The largest absolute Gasteiger partial charge is 0.394 e. The van der Waals surface area contributed by atoms with Crippen LogP contribution in [0.25, 0.3) is 0 Å². The molecule has 86 valence electrons. The molecule has 0 aromatic heterocycles. The maximum atomic E-state index is 9.08. The minimum atomic E-state index is -0.356. The van der Waals surface area contributed by atoms with E-state index in [0.717, 1.165) is 6.42 Å². The average molecular weight is 395 g/mol. The van der Waals surface area contributed by atoms with Crippen molar-refractivity contribution >= 4 is 47.8 Å². The highest BCUT2D eigenvalue weighted by Gasteiger charge is 2.30. The second-order valence-electron chi connectivity index (χ2n) is 3.59. The third-order valence-electron chi connectivity index (χ3n) is 2.23. The Kier molecular flexibility index (Phi) is 9.39. The maximum Gasteiger partial charge on any atom is 0.116 e. The molecular weight excluding hydrogens is 376 g/mol. The molecule has 1 N–H and O–H groups in total. The van der Waals surface area contributed by atoms with E-state index in [9.17, 15) is 0 Å². The van der Waals surface area contributed by atoms with Crippen molar-refractivity contribution < 1.29 is 5.11 Å². The standard InChI is InChI=1S/C10H19Br3O/c1-2-3-4-5-6-7-9(11)10(12,13)8-14/h9,14H,2-8H2,1H3. The lowest BCUT2D eigenvalue weighted by molar-refractivity contribution is 0.285. The van der Waals surface area contributed by atoms with Gasteiger partial charge in [-0.15, -0.1) is 0 Å². The number of hydrogen-bond acceptors (Lipinski definition) is 1. The zero-order valence-electron chi connectivity index (χ0n) is 8.61. The predicted molar refractivity (Wildman–Crippen MR) is 73.8 cm³/mol. The minimum Gasteiger partial charge on any atom is -0.394 e. The molecule has 0 aliphatic rings. The fourth-order valence-electron chi connectivity index (χ4n) is 1.24. The Labute approximate surface area is 112 Å². The third kappa shape index (κ3) is 6.81. The van der Waals surface area contributed by atoms with Crippen molar-refractivity contribution in [2.75, 3.05) is 6.61 Å². The van der Waals surface area contributed by atoms with Crippen LogP contribution >= 0.6 is 47.8 Å². The molecule has 0 aromatic carbocycles. The number of rotatable bonds is 8. The average Bonchev–Trinajstić information content (AvgIpc) is 2.17. The van der Waals surface area contributed by atoms with Gasteiger partial charge in [-0.2, -0.15) is 0 Å². The Bertz CT molecular complexity index is 139. The fraction of sp³-hybridized carbons (Fsp3) is 1.00. The first kappa shape index (κ1) is 15.4. The van der Waals surface area contributed by atoms with Crippen LogP contribution in [0.2, 0.25) is 0 Å². The summed E-state index contributed by atoms with van der Waals surface area (Å²) in [5.41, 5.74) is 0. The lowest BCUT2D eigenvalue weighted by atomic mass is 10.1. The monoisotopic (exact) mass is 392 g/mol. The van der Waals surface area contributed by atoms with Gasteiger partial charge in [0.2, 0.25) is 0 Å². The number of halogens is 3. The highest BCUT2D eigenvalue weighted by Crippen LogP contribution is 2.37. The number of aliphatic hydroxyl groups is 1. The van der Waals surface area contributed by atoms with Gasteiger partial charge in [0.05, 0.1) is 6.61 Å². The Morgan fingerprint density at radius 3 is 2.21 bits per heavy atom. The van der Waals surface area contributed by atoms with Crippen molar-refractivity contribution in [3.63, 3.8) is 0 Å². The lowest BCUT2D eigenvalue weighted by Gasteiger charge is -2.23. The molecule has 0 aliphatic carbocycles. The molecule has 0 fully saturated rings. The van der Waals surface area contributed by atoms with E-state index in [1.807, 2.05) is 0 Å². The fourth-order valence-corrected chi connectivity index (χ4v) is 2.16. The quantitative estimate of drug-likeness (QED) is 0.471. The van der Waals surface area contributed by atoms with Crippen molar-refractivity contribution in [3.8, 4) is 0 Å². The van der Waals surface area contributed by atoms with Crippen LogP contribution in [0.3, 0.4) is 0 Å². The molecular formula is C10H19Br3O. The van der Waals surface area contributed by atoms with E-state index in [-0.39, 0.29) is 14.7 Å². The van der Waals surface area contributed by atoms with Crippen LogP contribution in [0, 0.1) is 0 Å². The van der Waals surface area contributed by atoms with Gasteiger partial charge in [-0.05, 0) is 6.42 Å². The van der Waals surface area contributed by atoms with Gasteiger partial charge < -0.3 is 5.11 Å². The summed E-state index contributed by atoms with van der Waals surface area (Å²) in [5.74, 6) is 0. The van der Waals surface area contributed by atoms with Crippen LogP contribution in [-0.2, 0) is 0 Å².